The second-order valence-electron chi connectivity index (χ2n) is 6.06. The molecule has 2 rings (SSSR count). The summed E-state index contributed by atoms with van der Waals surface area (Å²) in [5.74, 6) is 0.859. The first-order chi connectivity index (χ1) is 9.46. The van der Waals surface area contributed by atoms with Crippen LogP contribution in [0, 0.1) is 5.82 Å². The lowest BCUT2D eigenvalue weighted by atomic mass is 10.1. The summed E-state index contributed by atoms with van der Waals surface area (Å²) in [5.41, 5.74) is 0.675. The Morgan fingerprint density at radius 1 is 1.40 bits per heavy atom. The largest absolute Gasteiger partial charge is 0.388 e. The molecule has 1 aliphatic rings. The molecule has 1 unspecified atom stereocenters. The van der Waals surface area contributed by atoms with Crippen LogP contribution in [0.1, 0.15) is 38.4 Å². The molecule has 0 radical (unpaired) electrons. The van der Waals surface area contributed by atoms with E-state index >= 15 is 0 Å². The zero-order valence-electron chi connectivity index (χ0n) is 12.3. The van der Waals surface area contributed by atoms with Gasteiger partial charge in [0.05, 0.1) is 6.10 Å². The zero-order chi connectivity index (χ0) is 14.6. The van der Waals surface area contributed by atoms with Gasteiger partial charge in [0.1, 0.15) is 5.82 Å². The van der Waals surface area contributed by atoms with Crippen molar-refractivity contribution in [1.29, 1.82) is 0 Å². The Kier molecular flexibility index (Phi) is 5.47. The van der Waals surface area contributed by atoms with Crippen molar-refractivity contribution in [2.45, 2.75) is 37.5 Å². The van der Waals surface area contributed by atoms with Crippen LogP contribution in [0.25, 0.3) is 0 Å². The Morgan fingerprint density at radius 2 is 2.20 bits per heavy atom. The summed E-state index contributed by atoms with van der Waals surface area (Å²) in [6, 6.07) is 6.27. The van der Waals surface area contributed by atoms with Gasteiger partial charge in [-0.2, -0.15) is 11.8 Å². The maximum Gasteiger partial charge on any atom is 0.123 e. The van der Waals surface area contributed by atoms with E-state index in [0.29, 0.717) is 16.7 Å². The van der Waals surface area contributed by atoms with Crippen LogP contribution < -0.4 is 0 Å². The van der Waals surface area contributed by atoms with Crippen LogP contribution in [0.5, 0.6) is 0 Å². The molecule has 0 aromatic heterocycles. The van der Waals surface area contributed by atoms with Crippen molar-refractivity contribution in [2.24, 2.45) is 0 Å². The van der Waals surface area contributed by atoms with E-state index in [4.69, 9.17) is 0 Å². The summed E-state index contributed by atoms with van der Waals surface area (Å²) in [5, 5.41) is 10.2. The number of benzene rings is 1. The van der Waals surface area contributed by atoms with E-state index in [1.807, 2.05) is 11.8 Å². The van der Waals surface area contributed by atoms with Crippen molar-refractivity contribution in [3.05, 3.63) is 35.6 Å². The number of aliphatic hydroxyl groups excluding tert-OH is 1. The lowest BCUT2D eigenvalue weighted by molar-refractivity contribution is 0.143. The van der Waals surface area contributed by atoms with Crippen LogP contribution in [-0.2, 0) is 0 Å². The molecule has 0 bridgehead atoms. The molecule has 4 heteroatoms. The van der Waals surface area contributed by atoms with E-state index in [-0.39, 0.29) is 5.82 Å². The first-order valence-electron chi connectivity index (χ1n) is 7.26. The van der Waals surface area contributed by atoms with Gasteiger partial charge in [-0.25, -0.2) is 4.39 Å². The highest BCUT2D eigenvalue weighted by Gasteiger charge is 2.23. The van der Waals surface area contributed by atoms with Crippen LogP contribution in [0.4, 0.5) is 4.39 Å². The van der Waals surface area contributed by atoms with E-state index in [1.165, 1.54) is 18.6 Å². The predicted octanol–water partition coefficient (Wildman–Crippen LogP) is 3.47. The van der Waals surface area contributed by atoms with Gasteiger partial charge in [-0.15, -0.1) is 0 Å². The fourth-order valence-corrected chi connectivity index (χ4v) is 3.61. The number of halogens is 1. The van der Waals surface area contributed by atoms with E-state index in [2.05, 4.69) is 18.7 Å². The summed E-state index contributed by atoms with van der Waals surface area (Å²) in [4.78, 5) is 2.41. The minimum absolute atomic E-state index is 0.283. The number of nitrogens with zero attached hydrogens (tertiary/aromatic N) is 1. The molecule has 1 aromatic rings. The number of hydrogen-bond donors (Lipinski definition) is 1. The monoisotopic (exact) mass is 297 g/mol. The molecular weight excluding hydrogens is 273 g/mol. The normalized spacial score (nSPS) is 21.4. The summed E-state index contributed by atoms with van der Waals surface area (Å²) in [6.07, 6.45) is 1.26. The fraction of sp³-hybridized carbons (Fsp3) is 0.625. The predicted molar refractivity (Wildman–Crippen MR) is 83.6 cm³/mol. The van der Waals surface area contributed by atoms with Crippen molar-refractivity contribution in [3.63, 3.8) is 0 Å². The summed E-state index contributed by atoms with van der Waals surface area (Å²) in [6.45, 7) is 7.61. The van der Waals surface area contributed by atoms with E-state index in [1.54, 1.807) is 12.1 Å². The molecule has 1 saturated heterocycles. The van der Waals surface area contributed by atoms with E-state index in [0.717, 1.165) is 25.4 Å². The van der Waals surface area contributed by atoms with Gasteiger partial charge in [0.2, 0.25) is 0 Å². The maximum absolute atomic E-state index is 13.1. The first kappa shape index (κ1) is 15.8. The molecule has 0 amide bonds. The van der Waals surface area contributed by atoms with Gasteiger partial charge in [0.25, 0.3) is 0 Å². The highest BCUT2D eigenvalue weighted by molar-refractivity contribution is 8.00. The number of aliphatic hydroxyl groups is 1. The number of hydrogen-bond acceptors (Lipinski definition) is 3. The van der Waals surface area contributed by atoms with Gasteiger partial charge >= 0.3 is 0 Å². The Bertz CT molecular complexity index is 438. The van der Waals surface area contributed by atoms with Crippen molar-refractivity contribution in [2.75, 3.05) is 25.4 Å². The lowest BCUT2D eigenvalue weighted by Gasteiger charge is -2.23. The fourth-order valence-electron chi connectivity index (χ4n) is 2.47. The van der Waals surface area contributed by atoms with Gasteiger partial charge in [0.15, 0.2) is 0 Å². The van der Waals surface area contributed by atoms with Crippen molar-refractivity contribution < 1.29 is 9.50 Å². The molecule has 112 valence electrons. The Morgan fingerprint density at radius 3 is 2.95 bits per heavy atom. The van der Waals surface area contributed by atoms with E-state index in [9.17, 15) is 9.50 Å². The van der Waals surface area contributed by atoms with Gasteiger partial charge in [-0.1, -0.05) is 26.0 Å². The van der Waals surface area contributed by atoms with E-state index < -0.39 is 6.10 Å². The van der Waals surface area contributed by atoms with Gasteiger partial charge in [0, 0.05) is 23.6 Å². The SMILES string of the molecule is CC1(C)CCN(CCC(O)c2cccc(F)c2)CCS1. The molecule has 0 saturated carbocycles. The van der Waals surface area contributed by atoms with Gasteiger partial charge in [-0.05, 0) is 37.1 Å². The zero-order valence-corrected chi connectivity index (χ0v) is 13.1. The van der Waals surface area contributed by atoms with Crippen LogP contribution in [0.2, 0.25) is 0 Å². The third kappa shape index (κ3) is 4.76. The molecule has 20 heavy (non-hydrogen) atoms. The topological polar surface area (TPSA) is 23.5 Å². The third-order valence-electron chi connectivity index (χ3n) is 3.88. The minimum atomic E-state index is -0.574. The second-order valence-corrected chi connectivity index (χ2v) is 7.86. The average Bonchev–Trinajstić information content (AvgIpc) is 2.57. The molecule has 1 heterocycles. The third-order valence-corrected chi connectivity index (χ3v) is 5.25. The number of rotatable bonds is 4. The first-order valence-corrected chi connectivity index (χ1v) is 8.25. The van der Waals surface area contributed by atoms with Crippen LogP contribution in [-0.4, -0.2) is 40.1 Å². The smallest absolute Gasteiger partial charge is 0.123 e. The molecule has 1 fully saturated rings. The van der Waals surface area contributed by atoms with Crippen molar-refractivity contribution in [3.8, 4) is 0 Å². The molecular formula is C16H24FNOS. The molecule has 1 N–H and O–H groups in total. The standard InChI is InChI=1S/C16H24FNOS/c1-16(2)7-9-18(10-11-20-16)8-6-15(19)13-4-3-5-14(17)12-13/h3-5,12,15,19H,6-11H2,1-2H3. The summed E-state index contributed by atoms with van der Waals surface area (Å²) >= 11 is 2.02. The Balaban J connectivity index is 1.83. The van der Waals surface area contributed by atoms with Gasteiger partial charge in [-0.3, -0.25) is 0 Å². The van der Waals surface area contributed by atoms with Crippen molar-refractivity contribution >= 4 is 11.8 Å². The highest BCUT2D eigenvalue weighted by atomic mass is 32.2. The molecule has 0 aliphatic carbocycles. The van der Waals surface area contributed by atoms with Crippen molar-refractivity contribution in [1.82, 2.24) is 4.90 Å². The molecule has 0 spiro atoms. The Labute approximate surface area is 125 Å². The summed E-state index contributed by atoms with van der Waals surface area (Å²) < 4.78 is 13.5. The molecule has 1 aromatic carbocycles. The number of thioether (sulfide) groups is 1. The maximum atomic E-state index is 13.1. The van der Waals surface area contributed by atoms with Crippen LogP contribution in [0.3, 0.4) is 0 Å². The second kappa shape index (κ2) is 6.92. The quantitative estimate of drug-likeness (QED) is 0.920. The molecule has 2 nitrogen and oxygen atoms in total. The lowest BCUT2D eigenvalue weighted by Crippen LogP contribution is -2.29. The summed E-state index contributed by atoms with van der Waals surface area (Å²) in [7, 11) is 0. The average molecular weight is 297 g/mol. The molecule has 1 aliphatic heterocycles. The van der Waals surface area contributed by atoms with Crippen LogP contribution in [0.15, 0.2) is 24.3 Å². The highest BCUT2D eigenvalue weighted by Crippen LogP contribution is 2.31. The van der Waals surface area contributed by atoms with Crippen LogP contribution >= 0.6 is 11.8 Å². The van der Waals surface area contributed by atoms with Gasteiger partial charge < -0.3 is 10.0 Å². The Hall–Kier alpha value is -0.580. The molecule has 1 atom stereocenters. The minimum Gasteiger partial charge on any atom is -0.388 e.